The molecule has 25 heavy (non-hydrogen) atoms. The second-order valence-electron chi connectivity index (χ2n) is 5.63. The quantitative estimate of drug-likeness (QED) is 0.672. The summed E-state index contributed by atoms with van der Waals surface area (Å²) in [7, 11) is 1.59. The number of hydrogen-bond acceptors (Lipinski definition) is 4. The smallest absolute Gasteiger partial charge is 0.238 e. The predicted molar refractivity (Wildman–Crippen MR) is 100 cm³/mol. The van der Waals surface area contributed by atoms with Crippen molar-refractivity contribution >= 4 is 11.6 Å². The lowest BCUT2D eigenvalue weighted by molar-refractivity contribution is -0.117. The van der Waals surface area contributed by atoms with Crippen molar-refractivity contribution in [3.05, 3.63) is 54.6 Å². The summed E-state index contributed by atoms with van der Waals surface area (Å²) in [5.41, 5.74) is 0.693. The van der Waals surface area contributed by atoms with Crippen molar-refractivity contribution in [2.24, 2.45) is 0 Å². The average molecular weight is 342 g/mol. The molecule has 0 bridgehead atoms. The van der Waals surface area contributed by atoms with Gasteiger partial charge in [0.05, 0.1) is 25.9 Å². The van der Waals surface area contributed by atoms with Gasteiger partial charge in [-0.05, 0) is 37.2 Å². The van der Waals surface area contributed by atoms with E-state index in [0.29, 0.717) is 24.6 Å². The summed E-state index contributed by atoms with van der Waals surface area (Å²) < 4.78 is 10.9. The van der Waals surface area contributed by atoms with E-state index in [1.807, 2.05) is 54.6 Å². The van der Waals surface area contributed by atoms with Gasteiger partial charge in [-0.3, -0.25) is 9.69 Å². The fourth-order valence-corrected chi connectivity index (χ4v) is 2.48. The Balaban J connectivity index is 1.74. The highest BCUT2D eigenvalue weighted by atomic mass is 16.5. The van der Waals surface area contributed by atoms with Gasteiger partial charge >= 0.3 is 0 Å². The molecule has 1 N–H and O–H groups in total. The number of carbonyl (C=O) groups excluding carboxylic acids is 1. The van der Waals surface area contributed by atoms with Gasteiger partial charge in [-0.1, -0.05) is 37.3 Å². The highest BCUT2D eigenvalue weighted by molar-refractivity contribution is 5.93. The summed E-state index contributed by atoms with van der Waals surface area (Å²) in [6.45, 7) is 4.65. The second-order valence-corrected chi connectivity index (χ2v) is 5.63. The molecule has 5 heteroatoms. The Morgan fingerprint density at radius 2 is 1.80 bits per heavy atom. The Hall–Kier alpha value is -2.53. The minimum atomic E-state index is -0.0460. The third-order valence-corrected chi connectivity index (χ3v) is 3.83. The highest BCUT2D eigenvalue weighted by Crippen LogP contribution is 2.22. The number of nitrogens with zero attached hydrogens (tertiary/aromatic N) is 1. The molecule has 0 fully saturated rings. The topological polar surface area (TPSA) is 50.8 Å². The van der Waals surface area contributed by atoms with E-state index in [2.05, 4.69) is 17.1 Å². The van der Waals surface area contributed by atoms with Crippen LogP contribution in [0.1, 0.15) is 13.3 Å². The average Bonchev–Trinajstić information content (AvgIpc) is 2.65. The Labute approximate surface area is 149 Å². The number of methoxy groups -OCH3 is 1. The van der Waals surface area contributed by atoms with E-state index >= 15 is 0 Å². The van der Waals surface area contributed by atoms with Crippen LogP contribution in [0.15, 0.2) is 54.6 Å². The molecule has 0 aliphatic rings. The number of rotatable bonds is 10. The Bertz CT molecular complexity index is 646. The zero-order valence-electron chi connectivity index (χ0n) is 14.9. The third kappa shape index (κ3) is 6.47. The van der Waals surface area contributed by atoms with Crippen LogP contribution in [0.4, 0.5) is 5.69 Å². The first kappa shape index (κ1) is 18.8. The van der Waals surface area contributed by atoms with E-state index in [1.165, 1.54) is 0 Å². The van der Waals surface area contributed by atoms with Gasteiger partial charge in [0.25, 0.3) is 0 Å². The summed E-state index contributed by atoms with van der Waals surface area (Å²) >= 11 is 0. The molecule has 2 aromatic rings. The molecule has 0 heterocycles. The number of hydrogen-bond donors (Lipinski definition) is 1. The number of nitrogens with one attached hydrogen (secondary N) is 1. The first-order valence-electron chi connectivity index (χ1n) is 8.56. The van der Waals surface area contributed by atoms with Crippen molar-refractivity contribution in [2.75, 3.05) is 38.7 Å². The largest absolute Gasteiger partial charge is 0.495 e. The fourth-order valence-electron chi connectivity index (χ4n) is 2.48. The van der Waals surface area contributed by atoms with Crippen molar-refractivity contribution in [2.45, 2.75) is 13.3 Å². The van der Waals surface area contributed by atoms with Crippen LogP contribution < -0.4 is 14.8 Å². The molecule has 5 nitrogen and oxygen atoms in total. The monoisotopic (exact) mass is 342 g/mol. The number of ether oxygens (including phenoxy) is 2. The van der Waals surface area contributed by atoms with Crippen molar-refractivity contribution in [3.63, 3.8) is 0 Å². The van der Waals surface area contributed by atoms with Gasteiger partial charge in [0.1, 0.15) is 11.5 Å². The highest BCUT2D eigenvalue weighted by Gasteiger charge is 2.11. The third-order valence-electron chi connectivity index (χ3n) is 3.83. The standard InChI is InChI=1S/C20H26N2O3/c1-3-22(14-9-15-25-17-10-5-4-6-11-17)16-20(23)21-18-12-7-8-13-19(18)24-2/h4-8,10-13H,3,9,14-16H2,1-2H3,(H,21,23). The van der Waals surface area contributed by atoms with Crippen molar-refractivity contribution < 1.29 is 14.3 Å². The van der Waals surface area contributed by atoms with Crippen LogP contribution in [0, 0.1) is 0 Å². The summed E-state index contributed by atoms with van der Waals surface area (Å²) in [6.07, 6.45) is 0.866. The van der Waals surface area contributed by atoms with Crippen molar-refractivity contribution in [1.29, 1.82) is 0 Å². The van der Waals surface area contributed by atoms with Gasteiger partial charge in [0, 0.05) is 6.54 Å². The zero-order chi connectivity index (χ0) is 17.9. The van der Waals surface area contributed by atoms with Gasteiger partial charge in [0.2, 0.25) is 5.91 Å². The first-order valence-corrected chi connectivity index (χ1v) is 8.56. The minimum Gasteiger partial charge on any atom is -0.495 e. The summed E-state index contributed by atoms with van der Waals surface area (Å²) in [5.74, 6) is 1.49. The number of benzene rings is 2. The number of likely N-dealkylation sites (N-methyl/N-ethyl adjacent to an activating group) is 1. The zero-order valence-corrected chi connectivity index (χ0v) is 14.9. The molecule has 0 unspecified atom stereocenters. The van der Waals surface area contributed by atoms with Crippen LogP contribution in [-0.4, -0.2) is 44.2 Å². The molecule has 0 radical (unpaired) electrons. The molecule has 2 rings (SSSR count). The molecule has 134 valence electrons. The number of para-hydroxylation sites is 3. The van der Waals surface area contributed by atoms with Gasteiger partial charge in [0.15, 0.2) is 0 Å². The molecule has 2 aromatic carbocycles. The molecule has 0 aliphatic heterocycles. The van der Waals surface area contributed by atoms with Gasteiger partial charge in [-0.2, -0.15) is 0 Å². The normalized spacial score (nSPS) is 10.5. The van der Waals surface area contributed by atoms with Gasteiger partial charge in [-0.25, -0.2) is 0 Å². The van der Waals surface area contributed by atoms with Crippen molar-refractivity contribution in [3.8, 4) is 11.5 Å². The molecule has 0 aromatic heterocycles. The molecule has 0 atom stereocenters. The lowest BCUT2D eigenvalue weighted by Gasteiger charge is -2.20. The maximum atomic E-state index is 12.3. The summed E-state index contributed by atoms with van der Waals surface area (Å²) in [6, 6.07) is 17.2. The second kappa shape index (κ2) is 10.4. The SMILES string of the molecule is CCN(CCCOc1ccccc1)CC(=O)Nc1ccccc1OC. The summed E-state index contributed by atoms with van der Waals surface area (Å²) in [4.78, 5) is 14.4. The Kier molecular flexibility index (Phi) is 7.79. The molecular formula is C20H26N2O3. The van der Waals surface area contributed by atoms with E-state index in [-0.39, 0.29) is 5.91 Å². The van der Waals surface area contributed by atoms with Crippen LogP contribution in [0.3, 0.4) is 0 Å². The molecule has 0 spiro atoms. The lowest BCUT2D eigenvalue weighted by atomic mass is 10.3. The maximum Gasteiger partial charge on any atom is 0.238 e. The van der Waals surface area contributed by atoms with E-state index < -0.39 is 0 Å². The van der Waals surface area contributed by atoms with E-state index in [9.17, 15) is 4.79 Å². The van der Waals surface area contributed by atoms with Crippen LogP contribution in [0.25, 0.3) is 0 Å². The molecule has 1 amide bonds. The number of anilines is 1. The summed E-state index contributed by atoms with van der Waals surface area (Å²) in [5, 5.41) is 2.91. The minimum absolute atomic E-state index is 0.0460. The Morgan fingerprint density at radius 1 is 1.08 bits per heavy atom. The van der Waals surface area contributed by atoms with Crippen LogP contribution in [0.5, 0.6) is 11.5 Å². The fraction of sp³-hybridized carbons (Fsp3) is 0.350. The van der Waals surface area contributed by atoms with Crippen LogP contribution in [-0.2, 0) is 4.79 Å². The first-order chi connectivity index (χ1) is 12.2. The molecular weight excluding hydrogens is 316 g/mol. The molecule has 0 saturated carbocycles. The van der Waals surface area contributed by atoms with E-state index in [0.717, 1.165) is 25.3 Å². The van der Waals surface area contributed by atoms with Gasteiger partial charge in [-0.15, -0.1) is 0 Å². The number of carbonyl (C=O) groups is 1. The molecule has 0 aliphatic carbocycles. The maximum absolute atomic E-state index is 12.3. The molecule has 0 saturated heterocycles. The predicted octanol–water partition coefficient (Wildman–Crippen LogP) is 3.42. The van der Waals surface area contributed by atoms with Crippen LogP contribution in [0.2, 0.25) is 0 Å². The van der Waals surface area contributed by atoms with E-state index in [1.54, 1.807) is 7.11 Å². The van der Waals surface area contributed by atoms with Crippen LogP contribution >= 0.6 is 0 Å². The van der Waals surface area contributed by atoms with E-state index in [4.69, 9.17) is 9.47 Å². The van der Waals surface area contributed by atoms with Crippen molar-refractivity contribution in [1.82, 2.24) is 4.90 Å². The van der Waals surface area contributed by atoms with Gasteiger partial charge < -0.3 is 14.8 Å². The Morgan fingerprint density at radius 3 is 2.52 bits per heavy atom. The lowest BCUT2D eigenvalue weighted by Crippen LogP contribution is -2.34. The number of amides is 1.